The third-order valence-corrected chi connectivity index (χ3v) is 3.82. The number of carbonyl (C=O) groups is 1. The Morgan fingerprint density at radius 3 is 2.74 bits per heavy atom. The highest BCUT2D eigenvalue weighted by Gasteiger charge is 2.14. The number of aromatic carboxylic acids is 1. The minimum atomic E-state index is -1.24. The Morgan fingerprint density at radius 2 is 2.00 bits per heavy atom. The highest BCUT2D eigenvalue weighted by Crippen LogP contribution is 2.11. The van der Waals surface area contributed by atoms with Gasteiger partial charge in [-0.2, -0.15) is 0 Å². The zero-order valence-electron chi connectivity index (χ0n) is 13.7. The number of aromatic amines is 1. The monoisotopic (exact) mass is 364 g/mol. The van der Waals surface area contributed by atoms with Crippen LogP contribution in [0.15, 0.2) is 64.6 Å². The lowest BCUT2D eigenvalue weighted by Crippen LogP contribution is -2.22. The van der Waals surface area contributed by atoms with Crippen molar-refractivity contribution < 1.29 is 9.90 Å². The summed E-state index contributed by atoms with van der Waals surface area (Å²) in [7, 11) is 0. The summed E-state index contributed by atoms with van der Waals surface area (Å²) >= 11 is 0. The Kier molecular flexibility index (Phi) is 3.77. The van der Waals surface area contributed by atoms with Gasteiger partial charge >= 0.3 is 5.97 Å². The number of rotatable bonds is 4. The van der Waals surface area contributed by atoms with Crippen molar-refractivity contribution in [3.05, 3.63) is 81.3 Å². The van der Waals surface area contributed by atoms with Gasteiger partial charge < -0.3 is 10.4 Å². The highest BCUT2D eigenvalue weighted by atomic mass is 16.4. The van der Waals surface area contributed by atoms with E-state index in [4.69, 9.17) is 0 Å². The molecule has 0 bridgehead atoms. The lowest BCUT2D eigenvalue weighted by Gasteiger charge is -2.10. The van der Waals surface area contributed by atoms with Gasteiger partial charge in [-0.05, 0) is 24.3 Å². The maximum atomic E-state index is 12.7. The number of fused-ring (bicyclic) bond motifs is 1. The van der Waals surface area contributed by atoms with Gasteiger partial charge in [0.2, 0.25) is 11.1 Å². The normalized spacial score (nSPS) is 10.8. The summed E-state index contributed by atoms with van der Waals surface area (Å²) in [4.78, 5) is 44.1. The van der Waals surface area contributed by atoms with Crippen molar-refractivity contribution in [1.29, 1.82) is 0 Å². The molecular formula is C17H12N6O4. The molecule has 10 nitrogen and oxygen atoms in total. The predicted molar refractivity (Wildman–Crippen MR) is 95.9 cm³/mol. The number of nitrogens with zero attached hydrogens (tertiary/aromatic N) is 4. The molecule has 134 valence electrons. The van der Waals surface area contributed by atoms with Gasteiger partial charge in [0.25, 0.3) is 5.56 Å². The molecule has 0 aliphatic rings. The van der Waals surface area contributed by atoms with E-state index in [1.54, 1.807) is 36.7 Å². The molecule has 4 aromatic rings. The van der Waals surface area contributed by atoms with E-state index in [1.807, 2.05) is 0 Å². The van der Waals surface area contributed by atoms with Gasteiger partial charge in [-0.3, -0.25) is 19.3 Å². The zero-order chi connectivity index (χ0) is 19.0. The first-order valence-corrected chi connectivity index (χ1v) is 7.79. The maximum absolute atomic E-state index is 12.7. The van der Waals surface area contributed by atoms with E-state index in [0.29, 0.717) is 5.82 Å². The summed E-state index contributed by atoms with van der Waals surface area (Å²) < 4.78 is 2.39. The molecule has 3 N–H and O–H groups in total. The summed E-state index contributed by atoms with van der Waals surface area (Å²) in [6, 6.07) is 9.56. The van der Waals surface area contributed by atoms with Crippen LogP contribution in [0.1, 0.15) is 10.5 Å². The van der Waals surface area contributed by atoms with Crippen LogP contribution < -0.4 is 16.3 Å². The summed E-state index contributed by atoms with van der Waals surface area (Å²) in [6.45, 7) is 0. The second kappa shape index (κ2) is 6.26. The summed E-state index contributed by atoms with van der Waals surface area (Å²) in [5, 5.41) is 14.7. The largest absolute Gasteiger partial charge is 0.476 e. The fraction of sp³-hybridized carbons (Fsp3) is 0. The van der Waals surface area contributed by atoms with Gasteiger partial charge in [-0.15, -0.1) is 0 Å². The average molecular weight is 364 g/mol. The topological polar surface area (TPSA) is 134 Å². The van der Waals surface area contributed by atoms with Crippen LogP contribution in [-0.2, 0) is 0 Å². The number of anilines is 2. The summed E-state index contributed by atoms with van der Waals surface area (Å²) in [6.07, 6.45) is 4.22. The molecular weight excluding hydrogens is 352 g/mol. The molecule has 0 aliphatic carbocycles. The number of carboxylic acid groups (broad SMARTS) is 1. The molecule has 4 heterocycles. The van der Waals surface area contributed by atoms with E-state index in [0.717, 1.165) is 10.7 Å². The van der Waals surface area contributed by atoms with E-state index >= 15 is 0 Å². The molecule has 0 unspecified atom stereocenters. The first-order valence-electron chi connectivity index (χ1n) is 7.79. The molecule has 0 saturated heterocycles. The van der Waals surface area contributed by atoms with Crippen LogP contribution in [0.5, 0.6) is 0 Å². The van der Waals surface area contributed by atoms with Crippen molar-refractivity contribution in [1.82, 2.24) is 24.1 Å². The number of aromatic nitrogens is 5. The molecule has 0 aliphatic heterocycles. The molecule has 0 saturated carbocycles. The van der Waals surface area contributed by atoms with Crippen LogP contribution in [0.3, 0.4) is 0 Å². The number of hydrogen-bond donors (Lipinski definition) is 3. The maximum Gasteiger partial charge on any atom is 0.356 e. The van der Waals surface area contributed by atoms with Gasteiger partial charge in [0.05, 0.1) is 6.20 Å². The molecule has 0 spiro atoms. The van der Waals surface area contributed by atoms with E-state index in [2.05, 4.69) is 20.4 Å². The Labute approximate surface area is 150 Å². The van der Waals surface area contributed by atoms with Gasteiger partial charge in [0.1, 0.15) is 17.3 Å². The van der Waals surface area contributed by atoms with E-state index in [9.17, 15) is 19.5 Å². The summed E-state index contributed by atoms with van der Waals surface area (Å²) in [5.41, 5.74) is -0.970. The number of pyridine rings is 2. The predicted octanol–water partition coefficient (Wildman–Crippen LogP) is 1.01. The quantitative estimate of drug-likeness (QED) is 0.492. The fourth-order valence-corrected chi connectivity index (χ4v) is 2.61. The zero-order valence-corrected chi connectivity index (χ0v) is 13.7. The minimum Gasteiger partial charge on any atom is -0.476 e. The standard InChI is InChI=1S/C17H12N6O4/c24-12-8-13(21-23-11(17(26)27)9-19-15(12)23)20-10-4-3-7-22(16(10)25)14-5-1-2-6-18-14/h1-9,20-21H,(H,26,27). The Bertz CT molecular complexity index is 1270. The lowest BCUT2D eigenvalue weighted by atomic mass is 10.3. The highest BCUT2D eigenvalue weighted by molar-refractivity contribution is 5.86. The lowest BCUT2D eigenvalue weighted by molar-refractivity contribution is 0.0688. The third kappa shape index (κ3) is 2.84. The van der Waals surface area contributed by atoms with Gasteiger partial charge in [0.15, 0.2) is 5.69 Å². The molecule has 0 aromatic carbocycles. The summed E-state index contributed by atoms with van der Waals surface area (Å²) in [5.74, 6) is -0.658. The second-order valence-corrected chi connectivity index (χ2v) is 5.55. The molecule has 0 atom stereocenters. The minimum absolute atomic E-state index is 0.0584. The molecule has 0 fully saturated rings. The van der Waals surface area contributed by atoms with E-state index < -0.39 is 11.4 Å². The number of imidazole rings is 1. The number of hydrogen-bond acceptors (Lipinski definition) is 6. The van der Waals surface area contributed by atoms with Crippen molar-refractivity contribution in [2.24, 2.45) is 0 Å². The van der Waals surface area contributed by atoms with Crippen molar-refractivity contribution >= 4 is 23.1 Å². The molecule has 4 rings (SSSR count). The Balaban J connectivity index is 1.79. The molecule has 4 aromatic heterocycles. The van der Waals surface area contributed by atoms with Crippen LogP contribution in [-0.4, -0.2) is 35.2 Å². The average Bonchev–Trinajstić information content (AvgIpc) is 3.09. The molecule has 27 heavy (non-hydrogen) atoms. The second-order valence-electron chi connectivity index (χ2n) is 5.55. The Hall–Kier alpha value is -4.21. The van der Waals surface area contributed by atoms with Gasteiger partial charge in [-0.1, -0.05) is 6.07 Å². The van der Waals surface area contributed by atoms with Crippen molar-refractivity contribution in [3.63, 3.8) is 0 Å². The molecule has 0 radical (unpaired) electrons. The first kappa shape index (κ1) is 16.3. The number of carboxylic acids is 1. The van der Waals surface area contributed by atoms with Crippen LogP contribution in [0, 0.1) is 0 Å². The van der Waals surface area contributed by atoms with E-state index in [-0.39, 0.29) is 28.4 Å². The fourth-order valence-electron chi connectivity index (χ4n) is 2.61. The van der Waals surface area contributed by atoms with Crippen molar-refractivity contribution in [3.8, 4) is 5.82 Å². The SMILES string of the molecule is O=C(O)c1cnc2c(=O)cc(Nc3cccn(-c4ccccn4)c3=O)[nH]n12. The van der Waals surface area contributed by atoms with Crippen molar-refractivity contribution in [2.75, 3.05) is 5.32 Å². The van der Waals surface area contributed by atoms with E-state index in [1.165, 1.54) is 16.7 Å². The molecule has 0 amide bonds. The van der Waals surface area contributed by atoms with Gasteiger partial charge in [-0.25, -0.2) is 19.3 Å². The first-order chi connectivity index (χ1) is 13.0. The third-order valence-electron chi connectivity index (χ3n) is 3.82. The van der Waals surface area contributed by atoms with Crippen molar-refractivity contribution in [2.45, 2.75) is 0 Å². The Morgan fingerprint density at radius 1 is 1.15 bits per heavy atom. The van der Waals surface area contributed by atoms with Crippen LogP contribution in [0.4, 0.5) is 11.5 Å². The van der Waals surface area contributed by atoms with Gasteiger partial charge in [0, 0.05) is 18.5 Å². The number of H-pyrrole nitrogens is 1. The van der Waals surface area contributed by atoms with Crippen LogP contribution in [0.2, 0.25) is 0 Å². The number of nitrogens with one attached hydrogen (secondary N) is 2. The smallest absolute Gasteiger partial charge is 0.356 e. The van der Waals surface area contributed by atoms with Crippen LogP contribution in [0.25, 0.3) is 11.5 Å². The molecule has 10 heteroatoms. The van der Waals surface area contributed by atoms with Crippen LogP contribution >= 0.6 is 0 Å².